The van der Waals surface area contributed by atoms with Crippen LogP contribution in [0.25, 0.3) is 11.4 Å². The zero-order valence-electron chi connectivity index (χ0n) is 8.08. The SMILES string of the molecule is Cc1nnc(-c2c(Cl)cc(Cl)cc2Cl)nn1. The van der Waals surface area contributed by atoms with Crippen molar-refractivity contribution < 1.29 is 0 Å². The van der Waals surface area contributed by atoms with Crippen molar-refractivity contribution in [1.29, 1.82) is 0 Å². The predicted octanol–water partition coefficient (Wildman–Crippen LogP) is 3.20. The maximum atomic E-state index is 6.00. The molecule has 7 heteroatoms. The fourth-order valence-corrected chi connectivity index (χ4v) is 2.12. The van der Waals surface area contributed by atoms with Gasteiger partial charge in [-0.1, -0.05) is 34.8 Å². The minimum atomic E-state index is 0.275. The Morgan fingerprint density at radius 1 is 0.875 bits per heavy atom. The van der Waals surface area contributed by atoms with Gasteiger partial charge >= 0.3 is 0 Å². The monoisotopic (exact) mass is 274 g/mol. The molecule has 16 heavy (non-hydrogen) atoms. The van der Waals surface area contributed by atoms with Crippen LogP contribution in [0.5, 0.6) is 0 Å². The predicted molar refractivity (Wildman–Crippen MR) is 62.8 cm³/mol. The third-order valence-corrected chi connectivity index (χ3v) is 2.62. The minimum Gasteiger partial charge on any atom is -0.131 e. The van der Waals surface area contributed by atoms with E-state index in [9.17, 15) is 0 Å². The van der Waals surface area contributed by atoms with E-state index in [1.807, 2.05) is 0 Å². The Morgan fingerprint density at radius 3 is 1.88 bits per heavy atom. The molecule has 82 valence electrons. The molecule has 0 saturated heterocycles. The minimum absolute atomic E-state index is 0.275. The van der Waals surface area contributed by atoms with Crippen LogP contribution in [0.2, 0.25) is 15.1 Å². The molecule has 0 amide bonds. The van der Waals surface area contributed by atoms with Crippen molar-refractivity contribution in [2.24, 2.45) is 0 Å². The first-order valence-electron chi connectivity index (χ1n) is 4.27. The lowest BCUT2D eigenvalue weighted by molar-refractivity contribution is 0.816. The fourth-order valence-electron chi connectivity index (χ4n) is 1.14. The van der Waals surface area contributed by atoms with Crippen molar-refractivity contribution in [2.45, 2.75) is 6.92 Å². The standard InChI is InChI=1S/C9H5Cl3N4/c1-4-13-15-9(16-14-4)8-6(11)2-5(10)3-7(8)12/h2-3H,1H3. The largest absolute Gasteiger partial charge is 0.206 e. The summed E-state index contributed by atoms with van der Waals surface area (Å²) in [5.41, 5.74) is 0.479. The van der Waals surface area contributed by atoms with Gasteiger partial charge in [-0.25, -0.2) is 0 Å². The average molecular weight is 276 g/mol. The Labute approximate surface area is 107 Å². The topological polar surface area (TPSA) is 51.6 Å². The Morgan fingerprint density at radius 2 is 1.38 bits per heavy atom. The van der Waals surface area contributed by atoms with Crippen LogP contribution in [-0.4, -0.2) is 20.4 Å². The molecular formula is C9H5Cl3N4. The Bertz CT molecular complexity index is 504. The summed E-state index contributed by atoms with van der Waals surface area (Å²) in [5, 5.41) is 16.5. The second-order valence-corrected chi connectivity index (χ2v) is 4.27. The van der Waals surface area contributed by atoms with Crippen LogP contribution in [-0.2, 0) is 0 Å². The van der Waals surface area contributed by atoms with E-state index in [0.29, 0.717) is 26.5 Å². The van der Waals surface area contributed by atoms with E-state index in [0.717, 1.165) is 0 Å². The van der Waals surface area contributed by atoms with Crippen LogP contribution in [0.1, 0.15) is 5.82 Å². The van der Waals surface area contributed by atoms with E-state index in [2.05, 4.69) is 20.4 Å². The van der Waals surface area contributed by atoms with Gasteiger partial charge in [-0.15, -0.1) is 20.4 Å². The van der Waals surface area contributed by atoms with Crippen LogP contribution in [0, 0.1) is 6.92 Å². The molecule has 1 aromatic carbocycles. The highest BCUT2D eigenvalue weighted by Gasteiger charge is 2.13. The van der Waals surface area contributed by atoms with Crippen LogP contribution in [0.3, 0.4) is 0 Å². The van der Waals surface area contributed by atoms with Gasteiger partial charge in [0.25, 0.3) is 0 Å². The van der Waals surface area contributed by atoms with Gasteiger partial charge in [0.1, 0.15) is 0 Å². The van der Waals surface area contributed by atoms with E-state index >= 15 is 0 Å². The normalized spacial score (nSPS) is 10.5. The summed E-state index contributed by atoms with van der Waals surface area (Å²) < 4.78 is 0. The van der Waals surface area contributed by atoms with Crippen molar-refractivity contribution in [2.75, 3.05) is 0 Å². The first-order chi connectivity index (χ1) is 7.58. The van der Waals surface area contributed by atoms with Crippen molar-refractivity contribution >= 4 is 34.8 Å². The molecule has 0 unspecified atom stereocenters. The maximum Gasteiger partial charge on any atom is 0.206 e. The smallest absolute Gasteiger partial charge is 0.131 e. The molecule has 0 aliphatic carbocycles. The first-order valence-corrected chi connectivity index (χ1v) is 5.40. The van der Waals surface area contributed by atoms with Gasteiger partial charge in [0, 0.05) is 5.02 Å². The van der Waals surface area contributed by atoms with Crippen molar-refractivity contribution in [3.8, 4) is 11.4 Å². The number of aromatic nitrogens is 4. The second kappa shape index (κ2) is 4.49. The van der Waals surface area contributed by atoms with Gasteiger partial charge in [-0.3, -0.25) is 0 Å². The first kappa shape index (κ1) is 11.5. The van der Waals surface area contributed by atoms with E-state index in [-0.39, 0.29) is 5.82 Å². The summed E-state index contributed by atoms with van der Waals surface area (Å²) in [6.07, 6.45) is 0. The summed E-state index contributed by atoms with van der Waals surface area (Å²) in [5.74, 6) is 0.752. The zero-order valence-corrected chi connectivity index (χ0v) is 10.3. The van der Waals surface area contributed by atoms with Gasteiger partial charge in [-0.2, -0.15) is 0 Å². The van der Waals surface area contributed by atoms with E-state index < -0.39 is 0 Å². The average Bonchev–Trinajstić information content (AvgIpc) is 2.19. The summed E-state index contributed by atoms with van der Waals surface area (Å²) in [4.78, 5) is 0. The third kappa shape index (κ3) is 2.24. The molecule has 0 spiro atoms. The Hall–Kier alpha value is -0.970. The Kier molecular flexibility index (Phi) is 3.23. The molecule has 2 rings (SSSR count). The summed E-state index contributed by atoms with van der Waals surface area (Å²) in [6.45, 7) is 1.69. The molecule has 0 aliphatic rings. The molecule has 0 N–H and O–H groups in total. The molecule has 4 nitrogen and oxygen atoms in total. The van der Waals surface area contributed by atoms with Crippen LogP contribution in [0.15, 0.2) is 12.1 Å². The number of rotatable bonds is 1. The van der Waals surface area contributed by atoms with E-state index in [1.54, 1.807) is 19.1 Å². The highest BCUT2D eigenvalue weighted by molar-refractivity contribution is 6.41. The molecule has 0 aliphatic heterocycles. The molecule has 0 saturated carbocycles. The number of halogens is 3. The molecule has 1 heterocycles. The molecule has 0 radical (unpaired) electrons. The lowest BCUT2D eigenvalue weighted by Crippen LogP contribution is -1.99. The van der Waals surface area contributed by atoms with Crippen LogP contribution >= 0.6 is 34.8 Å². The van der Waals surface area contributed by atoms with E-state index in [4.69, 9.17) is 34.8 Å². The quantitative estimate of drug-likeness (QED) is 0.802. The highest BCUT2D eigenvalue weighted by Crippen LogP contribution is 2.34. The molecule has 1 aromatic heterocycles. The summed E-state index contributed by atoms with van der Waals surface area (Å²) in [6, 6.07) is 3.13. The number of aryl methyl sites for hydroxylation is 1. The number of hydrogen-bond donors (Lipinski definition) is 0. The lowest BCUT2D eigenvalue weighted by atomic mass is 10.2. The number of nitrogens with zero attached hydrogens (tertiary/aromatic N) is 4. The number of benzene rings is 1. The van der Waals surface area contributed by atoms with Crippen molar-refractivity contribution in [1.82, 2.24) is 20.4 Å². The summed E-state index contributed by atoms with van der Waals surface area (Å²) >= 11 is 17.8. The van der Waals surface area contributed by atoms with Gasteiger partial charge in [-0.05, 0) is 19.1 Å². The van der Waals surface area contributed by atoms with E-state index in [1.165, 1.54) is 0 Å². The molecule has 2 aromatic rings. The second-order valence-electron chi connectivity index (χ2n) is 3.02. The van der Waals surface area contributed by atoms with Crippen molar-refractivity contribution in [3.63, 3.8) is 0 Å². The molecule has 0 atom stereocenters. The fraction of sp³-hybridized carbons (Fsp3) is 0.111. The maximum absolute atomic E-state index is 6.00. The molecular weight excluding hydrogens is 270 g/mol. The van der Waals surface area contributed by atoms with Crippen molar-refractivity contribution in [3.05, 3.63) is 33.0 Å². The van der Waals surface area contributed by atoms with Crippen LogP contribution in [0.4, 0.5) is 0 Å². The molecule has 0 bridgehead atoms. The van der Waals surface area contributed by atoms with Gasteiger partial charge in [0.15, 0.2) is 5.82 Å². The molecule has 0 fully saturated rings. The Balaban J connectivity index is 2.60. The summed E-state index contributed by atoms with van der Waals surface area (Å²) in [7, 11) is 0. The number of hydrogen-bond acceptors (Lipinski definition) is 4. The zero-order chi connectivity index (χ0) is 11.7. The lowest BCUT2D eigenvalue weighted by Gasteiger charge is -2.04. The van der Waals surface area contributed by atoms with Crippen LogP contribution < -0.4 is 0 Å². The van der Waals surface area contributed by atoms with Gasteiger partial charge in [0.2, 0.25) is 5.82 Å². The van der Waals surface area contributed by atoms with Gasteiger partial charge in [0.05, 0.1) is 15.6 Å². The van der Waals surface area contributed by atoms with Gasteiger partial charge < -0.3 is 0 Å². The highest BCUT2D eigenvalue weighted by atomic mass is 35.5. The third-order valence-electron chi connectivity index (χ3n) is 1.81.